The third-order valence-electron chi connectivity index (χ3n) is 5.19. The average Bonchev–Trinajstić information content (AvgIpc) is 2.73. The Labute approximate surface area is 178 Å². The number of nitrogens with one attached hydrogen (secondary N) is 1. The molecule has 1 N–H and O–H groups in total. The van der Waals surface area contributed by atoms with Gasteiger partial charge in [0.15, 0.2) is 0 Å². The van der Waals surface area contributed by atoms with Crippen LogP contribution in [0.4, 0.5) is 11.4 Å². The fraction of sp³-hybridized carbons (Fsp3) is 0.0417. The minimum Gasteiger partial charge on any atom is -0.360 e. The van der Waals surface area contributed by atoms with Crippen molar-refractivity contribution in [2.45, 2.75) is 6.17 Å². The van der Waals surface area contributed by atoms with Crippen molar-refractivity contribution < 1.29 is 4.79 Å². The first-order valence-corrected chi connectivity index (χ1v) is 10.0. The number of carbonyl (C=O) groups excluding carboxylic acids is 1. The zero-order valence-corrected chi connectivity index (χ0v) is 16.8. The lowest BCUT2D eigenvalue weighted by Gasteiger charge is -2.38. The highest BCUT2D eigenvalue weighted by molar-refractivity contribution is 6.35. The van der Waals surface area contributed by atoms with E-state index in [0.717, 1.165) is 27.7 Å². The lowest BCUT2D eigenvalue weighted by atomic mass is 10.0. The average molecular weight is 419 g/mol. The van der Waals surface area contributed by atoms with Gasteiger partial charge in [-0.3, -0.25) is 9.69 Å². The quantitative estimate of drug-likeness (QED) is 0.383. The molecule has 1 heterocycles. The van der Waals surface area contributed by atoms with E-state index < -0.39 is 6.17 Å². The van der Waals surface area contributed by atoms with Crippen molar-refractivity contribution in [3.63, 3.8) is 0 Å². The largest absolute Gasteiger partial charge is 0.360 e. The van der Waals surface area contributed by atoms with Crippen LogP contribution in [0, 0.1) is 0 Å². The van der Waals surface area contributed by atoms with Crippen molar-refractivity contribution in [1.29, 1.82) is 0 Å². The van der Waals surface area contributed by atoms with Crippen LogP contribution in [-0.2, 0) is 0 Å². The normalized spacial score (nSPS) is 15.9. The Kier molecular flexibility index (Phi) is 4.42. The molecule has 5 rings (SSSR count). The molecule has 0 spiro atoms. The monoisotopic (exact) mass is 418 g/mol. The molecule has 0 aromatic heterocycles. The van der Waals surface area contributed by atoms with Crippen LogP contribution in [0.25, 0.3) is 10.8 Å². The maximum absolute atomic E-state index is 13.5. The molecule has 0 saturated heterocycles. The van der Waals surface area contributed by atoms with Crippen LogP contribution in [0.2, 0.25) is 10.0 Å². The summed E-state index contributed by atoms with van der Waals surface area (Å²) < 4.78 is 0. The topological polar surface area (TPSA) is 32.3 Å². The van der Waals surface area contributed by atoms with Gasteiger partial charge in [0.05, 0.1) is 5.56 Å². The summed E-state index contributed by atoms with van der Waals surface area (Å²) in [5.74, 6) is -0.0781. The van der Waals surface area contributed by atoms with Crippen molar-refractivity contribution >= 4 is 51.3 Å². The molecular formula is C24H16Cl2N2O. The molecule has 0 bridgehead atoms. The van der Waals surface area contributed by atoms with Crippen molar-refractivity contribution in [1.82, 2.24) is 0 Å². The van der Waals surface area contributed by atoms with Crippen molar-refractivity contribution in [2.75, 3.05) is 10.2 Å². The molecule has 1 atom stereocenters. The number of para-hydroxylation sites is 1. The first kappa shape index (κ1) is 18.0. The van der Waals surface area contributed by atoms with E-state index >= 15 is 0 Å². The maximum Gasteiger partial charge on any atom is 0.262 e. The zero-order valence-electron chi connectivity index (χ0n) is 15.3. The molecule has 0 fully saturated rings. The molecule has 1 amide bonds. The number of hydrogen-bond donors (Lipinski definition) is 1. The second-order valence-corrected chi connectivity index (χ2v) is 7.81. The van der Waals surface area contributed by atoms with Gasteiger partial charge in [0, 0.05) is 27.0 Å². The second kappa shape index (κ2) is 7.11. The Hall–Kier alpha value is -3.01. The lowest BCUT2D eigenvalue weighted by molar-refractivity contribution is 0.0975. The third kappa shape index (κ3) is 3.13. The van der Waals surface area contributed by atoms with Crippen molar-refractivity contribution in [3.8, 4) is 0 Å². The lowest BCUT2D eigenvalue weighted by Crippen LogP contribution is -2.43. The standard InChI is InChI=1S/C24H16Cl2N2O/c25-17-10-12-19(21(26)14-17)23-27-22-8-4-3-7-20(22)24(29)28(23)18-11-9-15-5-1-2-6-16(15)13-18/h1-14,23,27H. The van der Waals surface area contributed by atoms with Gasteiger partial charge in [0.25, 0.3) is 5.91 Å². The number of fused-ring (bicyclic) bond motifs is 2. The van der Waals surface area contributed by atoms with Crippen molar-refractivity contribution in [2.24, 2.45) is 0 Å². The van der Waals surface area contributed by atoms with Crippen LogP contribution < -0.4 is 10.2 Å². The molecule has 29 heavy (non-hydrogen) atoms. The molecule has 1 unspecified atom stereocenters. The van der Waals surface area contributed by atoms with Gasteiger partial charge in [-0.05, 0) is 47.2 Å². The van der Waals surface area contributed by atoms with E-state index in [1.165, 1.54) is 0 Å². The Balaban J connectivity index is 1.70. The Morgan fingerprint density at radius 3 is 2.38 bits per heavy atom. The zero-order chi connectivity index (χ0) is 20.0. The van der Waals surface area contributed by atoms with Gasteiger partial charge in [0.1, 0.15) is 6.17 Å². The van der Waals surface area contributed by atoms with Gasteiger partial charge in [-0.25, -0.2) is 0 Å². The van der Waals surface area contributed by atoms with Crippen LogP contribution in [-0.4, -0.2) is 5.91 Å². The van der Waals surface area contributed by atoms with E-state index in [4.69, 9.17) is 23.2 Å². The van der Waals surface area contributed by atoms with E-state index in [1.54, 1.807) is 17.0 Å². The predicted molar refractivity (Wildman–Crippen MR) is 120 cm³/mol. The molecule has 1 aliphatic rings. The number of benzene rings is 4. The number of halogens is 2. The summed E-state index contributed by atoms with van der Waals surface area (Å²) in [6.45, 7) is 0. The third-order valence-corrected chi connectivity index (χ3v) is 5.76. The highest BCUT2D eigenvalue weighted by Crippen LogP contribution is 2.40. The first-order valence-electron chi connectivity index (χ1n) is 9.25. The van der Waals surface area contributed by atoms with E-state index in [2.05, 4.69) is 11.4 Å². The van der Waals surface area contributed by atoms with Gasteiger partial charge < -0.3 is 5.32 Å². The van der Waals surface area contributed by atoms with E-state index in [-0.39, 0.29) is 5.91 Å². The van der Waals surface area contributed by atoms with Gasteiger partial charge in [-0.1, -0.05) is 71.7 Å². The molecule has 1 aliphatic heterocycles. The maximum atomic E-state index is 13.5. The molecule has 0 saturated carbocycles. The Bertz CT molecular complexity index is 1250. The van der Waals surface area contributed by atoms with E-state index in [0.29, 0.717) is 15.6 Å². The fourth-order valence-electron chi connectivity index (χ4n) is 3.79. The molecule has 4 aromatic rings. The summed E-state index contributed by atoms with van der Waals surface area (Å²) in [5.41, 5.74) is 2.99. The number of hydrogen-bond acceptors (Lipinski definition) is 2. The minimum absolute atomic E-state index is 0.0781. The summed E-state index contributed by atoms with van der Waals surface area (Å²) in [5, 5.41) is 6.73. The van der Waals surface area contributed by atoms with Gasteiger partial charge in [-0.15, -0.1) is 0 Å². The van der Waals surface area contributed by atoms with Crippen LogP contribution in [0.1, 0.15) is 22.1 Å². The highest BCUT2D eigenvalue weighted by Gasteiger charge is 2.35. The minimum atomic E-state index is -0.455. The number of anilines is 2. The van der Waals surface area contributed by atoms with Crippen LogP contribution in [0.3, 0.4) is 0 Å². The molecule has 4 aromatic carbocycles. The molecule has 3 nitrogen and oxygen atoms in total. The second-order valence-electron chi connectivity index (χ2n) is 6.96. The molecule has 5 heteroatoms. The molecule has 142 valence electrons. The smallest absolute Gasteiger partial charge is 0.262 e. The van der Waals surface area contributed by atoms with Gasteiger partial charge in [0.2, 0.25) is 0 Å². The molecule has 0 radical (unpaired) electrons. The van der Waals surface area contributed by atoms with E-state index in [9.17, 15) is 4.79 Å². The number of nitrogens with zero attached hydrogens (tertiary/aromatic N) is 1. The van der Waals surface area contributed by atoms with E-state index in [1.807, 2.05) is 66.7 Å². The number of rotatable bonds is 2. The molecule has 0 aliphatic carbocycles. The Morgan fingerprint density at radius 2 is 1.55 bits per heavy atom. The number of carbonyl (C=O) groups is 1. The van der Waals surface area contributed by atoms with Gasteiger partial charge >= 0.3 is 0 Å². The van der Waals surface area contributed by atoms with Crippen LogP contribution in [0.5, 0.6) is 0 Å². The summed E-state index contributed by atoms with van der Waals surface area (Å²) in [6, 6.07) is 27.0. The van der Waals surface area contributed by atoms with Crippen LogP contribution in [0.15, 0.2) is 84.9 Å². The highest BCUT2D eigenvalue weighted by atomic mass is 35.5. The number of amides is 1. The predicted octanol–water partition coefficient (Wildman–Crippen LogP) is 6.92. The van der Waals surface area contributed by atoms with Crippen LogP contribution >= 0.6 is 23.2 Å². The summed E-state index contributed by atoms with van der Waals surface area (Å²) in [6.07, 6.45) is -0.455. The fourth-order valence-corrected chi connectivity index (χ4v) is 4.30. The Morgan fingerprint density at radius 1 is 0.793 bits per heavy atom. The SMILES string of the molecule is O=C1c2ccccc2NC(c2ccc(Cl)cc2Cl)N1c1ccc2ccccc2c1. The first-order chi connectivity index (χ1) is 14.1. The summed E-state index contributed by atoms with van der Waals surface area (Å²) >= 11 is 12.6. The van der Waals surface area contributed by atoms with Crippen molar-refractivity contribution in [3.05, 3.63) is 106 Å². The molecular weight excluding hydrogens is 403 g/mol. The van der Waals surface area contributed by atoms with Gasteiger partial charge in [-0.2, -0.15) is 0 Å². The summed E-state index contributed by atoms with van der Waals surface area (Å²) in [7, 11) is 0. The summed E-state index contributed by atoms with van der Waals surface area (Å²) in [4.78, 5) is 15.3.